The molecule has 4 heteroatoms. The fourth-order valence-electron chi connectivity index (χ4n) is 1.57. The lowest BCUT2D eigenvalue weighted by molar-refractivity contribution is 0.306. The summed E-state index contributed by atoms with van der Waals surface area (Å²) in [5, 5.41) is 11.8. The fraction of sp³-hybridized carbons (Fsp3) is 0.571. The molecule has 0 bridgehead atoms. The van der Waals surface area contributed by atoms with Crippen molar-refractivity contribution in [3.05, 3.63) is 23.5 Å². The van der Waals surface area contributed by atoms with Gasteiger partial charge < -0.3 is 10.1 Å². The summed E-state index contributed by atoms with van der Waals surface area (Å²) in [4.78, 5) is 4.49. The molecule has 0 unspecified atom stereocenters. The smallest absolute Gasteiger partial charge is 0.142 e. The summed E-state index contributed by atoms with van der Waals surface area (Å²) in [6, 6.07) is 6.02. The molecule has 0 amide bonds. The van der Waals surface area contributed by atoms with E-state index in [9.17, 15) is 0 Å². The molecule has 0 aliphatic carbocycles. The Morgan fingerprint density at radius 1 is 1.44 bits per heavy atom. The van der Waals surface area contributed by atoms with E-state index < -0.39 is 0 Å². The van der Waals surface area contributed by atoms with Crippen LogP contribution in [0, 0.1) is 18.3 Å². The third-order valence-electron chi connectivity index (χ3n) is 2.48. The maximum atomic E-state index is 8.47. The van der Waals surface area contributed by atoms with Gasteiger partial charge in [-0.2, -0.15) is 5.26 Å². The molecule has 0 radical (unpaired) electrons. The molecular weight excluding hydrogens is 226 g/mol. The topological polar surface area (TPSA) is 57.9 Å². The molecular formula is C14H21N3O. The number of rotatable bonds is 8. The van der Waals surface area contributed by atoms with Crippen molar-refractivity contribution in [3.8, 4) is 11.8 Å². The average molecular weight is 247 g/mol. The van der Waals surface area contributed by atoms with Gasteiger partial charge in [0.25, 0.3) is 0 Å². The first-order valence-electron chi connectivity index (χ1n) is 6.45. The van der Waals surface area contributed by atoms with E-state index in [1.807, 2.05) is 19.1 Å². The zero-order valence-electron chi connectivity index (χ0n) is 11.2. The molecule has 1 N–H and O–H groups in total. The Bertz CT molecular complexity index is 399. The van der Waals surface area contributed by atoms with Crippen LogP contribution < -0.4 is 10.1 Å². The maximum Gasteiger partial charge on any atom is 0.142 e. The number of nitrogens with zero attached hydrogens (tertiary/aromatic N) is 2. The largest absolute Gasteiger partial charge is 0.492 e. The van der Waals surface area contributed by atoms with Crippen LogP contribution in [-0.4, -0.2) is 18.1 Å². The van der Waals surface area contributed by atoms with Crippen LogP contribution in [0.4, 0.5) is 0 Å². The molecule has 98 valence electrons. The van der Waals surface area contributed by atoms with Gasteiger partial charge >= 0.3 is 0 Å². The normalized spacial score (nSPS) is 10.1. The van der Waals surface area contributed by atoms with Gasteiger partial charge in [-0.15, -0.1) is 0 Å². The van der Waals surface area contributed by atoms with Gasteiger partial charge in [-0.1, -0.05) is 6.92 Å². The number of nitriles is 1. The summed E-state index contributed by atoms with van der Waals surface area (Å²) in [5.74, 6) is 0.821. The van der Waals surface area contributed by atoms with Crippen LogP contribution in [0.15, 0.2) is 12.1 Å². The standard InChI is InChI=1S/C14H21N3O/c1-3-9-16-11-13-14(7-6-12(2)17-13)18-10-5-4-8-15/h6-7,16H,3-5,9-11H2,1-2H3. The summed E-state index contributed by atoms with van der Waals surface area (Å²) >= 11 is 0. The van der Waals surface area contributed by atoms with Crippen LogP contribution >= 0.6 is 0 Å². The molecule has 0 saturated carbocycles. The molecule has 0 aliphatic heterocycles. The van der Waals surface area contributed by atoms with Crippen molar-refractivity contribution >= 4 is 0 Å². The fourth-order valence-corrected chi connectivity index (χ4v) is 1.57. The molecule has 0 atom stereocenters. The van der Waals surface area contributed by atoms with Gasteiger partial charge in [-0.05, 0) is 38.4 Å². The van der Waals surface area contributed by atoms with Gasteiger partial charge in [0, 0.05) is 18.7 Å². The molecule has 4 nitrogen and oxygen atoms in total. The molecule has 1 rings (SSSR count). The van der Waals surface area contributed by atoms with E-state index in [0.717, 1.165) is 43.1 Å². The first-order valence-corrected chi connectivity index (χ1v) is 6.45. The monoisotopic (exact) mass is 247 g/mol. The van der Waals surface area contributed by atoms with Crippen molar-refractivity contribution in [1.29, 1.82) is 5.26 Å². The third-order valence-corrected chi connectivity index (χ3v) is 2.48. The highest BCUT2D eigenvalue weighted by Gasteiger charge is 2.05. The number of hydrogen-bond acceptors (Lipinski definition) is 4. The SMILES string of the molecule is CCCNCc1nc(C)ccc1OCCCC#N. The van der Waals surface area contributed by atoms with Crippen molar-refractivity contribution in [1.82, 2.24) is 10.3 Å². The summed E-state index contributed by atoms with van der Waals surface area (Å²) in [6.07, 6.45) is 2.39. The van der Waals surface area contributed by atoms with Crippen molar-refractivity contribution in [2.75, 3.05) is 13.2 Å². The second-order valence-electron chi connectivity index (χ2n) is 4.18. The Hall–Kier alpha value is -1.60. The number of aromatic nitrogens is 1. The molecule has 1 aromatic heterocycles. The van der Waals surface area contributed by atoms with E-state index in [4.69, 9.17) is 10.00 Å². The van der Waals surface area contributed by atoms with Crippen LogP contribution in [-0.2, 0) is 6.54 Å². The zero-order valence-corrected chi connectivity index (χ0v) is 11.2. The Morgan fingerprint density at radius 3 is 3.00 bits per heavy atom. The van der Waals surface area contributed by atoms with Crippen molar-refractivity contribution in [3.63, 3.8) is 0 Å². The maximum absolute atomic E-state index is 8.47. The third kappa shape index (κ3) is 5.15. The van der Waals surface area contributed by atoms with Crippen molar-refractivity contribution < 1.29 is 4.74 Å². The predicted octanol–water partition coefficient (Wildman–Crippen LogP) is 2.57. The number of pyridine rings is 1. The highest BCUT2D eigenvalue weighted by Crippen LogP contribution is 2.17. The van der Waals surface area contributed by atoms with Crippen LogP contribution in [0.5, 0.6) is 5.75 Å². The molecule has 1 aromatic rings. The second-order valence-corrected chi connectivity index (χ2v) is 4.18. The van der Waals surface area contributed by atoms with Crippen LogP contribution in [0.3, 0.4) is 0 Å². The van der Waals surface area contributed by atoms with Gasteiger partial charge in [0.2, 0.25) is 0 Å². The van der Waals surface area contributed by atoms with Crippen LogP contribution in [0.25, 0.3) is 0 Å². The number of nitrogens with one attached hydrogen (secondary N) is 1. The van der Waals surface area contributed by atoms with E-state index in [2.05, 4.69) is 23.3 Å². The summed E-state index contributed by atoms with van der Waals surface area (Å²) < 4.78 is 5.67. The molecule has 18 heavy (non-hydrogen) atoms. The molecule has 0 spiro atoms. The quantitative estimate of drug-likeness (QED) is 0.717. The lowest BCUT2D eigenvalue weighted by Gasteiger charge is -2.11. The van der Waals surface area contributed by atoms with Gasteiger partial charge in [-0.3, -0.25) is 4.98 Å². The molecule has 0 saturated heterocycles. The number of aryl methyl sites for hydroxylation is 1. The highest BCUT2D eigenvalue weighted by atomic mass is 16.5. The minimum atomic E-state index is 0.530. The summed E-state index contributed by atoms with van der Waals surface area (Å²) in [6.45, 7) is 6.38. The van der Waals surface area contributed by atoms with Crippen LogP contribution in [0.1, 0.15) is 37.6 Å². The molecule has 0 aromatic carbocycles. The minimum Gasteiger partial charge on any atom is -0.492 e. The molecule has 0 aliphatic rings. The summed E-state index contributed by atoms with van der Waals surface area (Å²) in [5.41, 5.74) is 1.94. The van der Waals surface area contributed by atoms with E-state index in [1.54, 1.807) is 0 Å². The average Bonchev–Trinajstić information content (AvgIpc) is 2.37. The molecule has 0 fully saturated rings. The van der Waals surface area contributed by atoms with E-state index in [-0.39, 0.29) is 0 Å². The number of unbranched alkanes of at least 4 members (excludes halogenated alkanes) is 1. The first-order chi connectivity index (χ1) is 8.77. The first kappa shape index (κ1) is 14.5. The van der Waals surface area contributed by atoms with Gasteiger partial charge in [0.1, 0.15) is 5.75 Å². The van der Waals surface area contributed by atoms with E-state index in [1.165, 1.54) is 0 Å². The summed E-state index contributed by atoms with van der Waals surface area (Å²) in [7, 11) is 0. The Balaban J connectivity index is 2.56. The number of ether oxygens (including phenoxy) is 1. The van der Waals surface area contributed by atoms with Crippen molar-refractivity contribution in [2.24, 2.45) is 0 Å². The lowest BCUT2D eigenvalue weighted by Crippen LogP contribution is -2.16. The van der Waals surface area contributed by atoms with Gasteiger partial charge in [0.05, 0.1) is 18.4 Å². The lowest BCUT2D eigenvalue weighted by atomic mass is 10.2. The number of hydrogen-bond donors (Lipinski definition) is 1. The van der Waals surface area contributed by atoms with Gasteiger partial charge in [0.15, 0.2) is 0 Å². The van der Waals surface area contributed by atoms with Gasteiger partial charge in [-0.25, -0.2) is 0 Å². The second kappa shape index (κ2) is 8.48. The van der Waals surface area contributed by atoms with E-state index in [0.29, 0.717) is 13.0 Å². The predicted molar refractivity (Wildman–Crippen MR) is 71.3 cm³/mol. The van der Waals surface area contributed by atoms with Crippen LogP contribution in [0.2, 0.25) is 0 Å². The zero-order chi connectivity index (χ0) is 13.2. The Labute approximate surface area is 109 Å². The Kier molecular flexibility index (Phi) is 6.82. The van der Waals surface area contributed by atoms with Crippen molar-refractivity contribution in [2.45, 2.75) is 39.7 Å². The minimum absolute atomic E-state index is 0.530. The molecule has 1 heterocycles. The van der Waals surface area contributed by atoms with E-state index >= 15 is 0 Å². The highest BCUT2D eigenvalue weighted by molar-refractivity contribution is 5.29. The Morgan fingerprint density at radius 2 is 2.28 bits per heavy atom.